The van der Waals surface area contributed by atoms with Crippen LogP contribution in [-0.2, 0) is 5.41 Å². The van der Waals surface area contributed by atoms with Crippen LogP contribution in [0.1, 0.15) is 32.8 Å². The Labute approximate surface area is 92.2 Å². The van der Waals surface area contributed by atoms with E-state index in [9.17, 15) is 0 Å². The van der Waals surface area contributed by atoms with Gasteiger partial charge in [-0.05, 0) is 30.0 Å². The van der Waals surface area contributed by atoms with Gasteiger partial charge in [0.2, 0.25) is 0 Å². The predicted molar refractivity (Wildman–Crippen MR) is 62.9 cm³/mol. The second-order valence-corrected chi connectivity index (χ2v) is 4.30. The molecule has 84 valence electrons. The Morgan fingerprint density at radius 2 is 1.80 bits per heavy atom. The van der Waals surface area contributed by atoms with Gasteiger partial charge in [0.25, 0.3) is 0 Å². The van der Waals surface area contributed by atoms with Gasteiger partial charge in [-0.15, -0.1) is 0 Å². The van der Waals surface area contributed by atoms with Crippen molar-refractivity contribution >= 4 is 0 Å². The largest absolute Gasteiger partial charge is 0.497 e. The van der Waals surface area contributed by atoms with E-state index in [1.165, 1.54) is 5.56 Å². The van der Waals surface area contributed by atoms with E-state index < -0.39 is 0 Å². The first-order chi connectivity index (χ1) is 7.05. The van der Waals surface area contributed by atoms with Crippen LogP contribution in [0.25, 0.3) is 0 Å². The number of methoxy groups -OCH3 is 2. The molecule has 0 heterocycles. The zero-order valence-corrected chi connectivity index (χ0v) is 10.3. The topological polar surface area (TPSA) is 18.5 Å². The average Bonchev–Trinajstić information content (AvgIpc) is 2.28. The van der Waals surface area contributed by atoms with Crippen molar-refractivity contribution in [1.29, 1.82) is 0 Å². The maximum absolute atomic E-state index is 5.38. The molecule has 0 bridgehead atoms. The van der Waals surface area contributed by atoms with Crippen LogP contribution in [-0.4, -0.2) is 14.2 Å². The van der Waals surface area contributed by atoms with E-state index in [1.807, 2.05) is 12.1 Å². The molecule has 0 N–H and O–H groups in total. The summed E-state index contributed by atoms with van der Waals surface area (Å²) in [7, 11) is 3.39. The molecule has 0 aliphatic rings. The zero-order chi connectivity index (χ0) is 11.5. The second kappa shape index (κ2) is 4.56. The monoisotopic (exact) mass is 208 g/mol. The maximum Gasteiger partial charge on any atom is 0.122 e. The fourth-order valence-electron chi connectivity index (χ4n) is 1.53. The third-order valence-electron chi connectivity index (χ3n) is 3.02. The molecule has 2 heteroatoms. The fourth-order valence-corrected chi connectivity index (χ4v) is 1.53. The predicted octanol–water partition coefficient (Wildman–Crippen LogP) is 3.39. The lowest BCUT2D eigenvalue weighted by Crippen LogP contribution is -2.16. The quantitative estimate of drug-likeness (QED) is 0.755. The van der Waals surface area contributed by atoms with Crippen molar-refractivity contribution in [3.63, 3.8) is 0 Å². The Hall–Kier alpha value is -1.18. The highest BCUT2D eigenvalue weighted by Crippen LogP contribution is 2.36. The molecule has 0 aromatic heterocycles. The van der Waals surface area contributed by atoms with Gasteiger partial charge in [-0.2, -0.15) is 0 Å². The Morgan fingerprint density at radius 1 is 1.13 bits per heavy atom. The van der Waals surface area contributed by atoms with Gasteiger partial charge < -0.3 is 9.47 Å². The van der Waals surface area contributed by atoms with Crippen LogP contribution in [0.5, 0.6) is 11.5 Å². The number of benzene rings is 1. The third-order valence-corrected chi connectivity index (χ3v) is 3.02. The Morgan fingerprint density at radius 3 is 2.27 bits per heavy atom. The number of ether oxygens (including phenoxy) is 2. The molecular formula is C13H20O2. The van der Waals surface area contributed by atoms with E-state index in [4.69, 9.17) is 9.47 Å². The number of hydrogen-bond donors (Lipinski definition) is 0. The van der Waals surface area contributed by atoms with Gasteiger partial charge in [0.05, 0.1) is 14.2 Å². The van der Waals surface area contributed by atoms with Gasteiger partial charge in [-0.1, -0.05) is 20.8 Å². The maximum atomic E-state index is 5.38. The lowest BCUT2D eigenvalue weighted by Gasteiger charge is -2.26. The highest BCUT2D eigenvalue weighted by molar-refractivity contribution is 5.44. The fraction of sp³-hybridized carbons (Fsp3) is 0.538. The minimum absolute atomic E-state index is 0.111. The van der Waals surface area contributed by atoms with E-state index in [2.05, 4.69) is 26.8 Å². The SMILES string of the molecule is CCC(C)(C)c1cc(OC)ccc1OC. The van der Waals surface area contributed by atoms with Crippen molar-refractivity contribution in [3.8, 4) is 11.5 Å². The van der Waals surface area contributed by atoms with E-state index in [0.717, 1.165) is 17.9 Å². The molecule has 0 saturated carbocycles. The summed E-state index contributed by atoms with van der Waals surface area (Å²) in [6, 6.07) is 5.95. The molecule has 1 rings (SSSR count). The van der Waals surface area contributed by atoms with Gasteiger partial charge >= 0.3 is 0 Å². The first kappa shape index (κ1) is 11.9. The van der Waals surface area contributed by atoms with Crippen molar-refractivity contribution in [2.75, 3.05) is 14.2 Å². The van der Waals surface area contributed by atoms with Crippen molar-refractivity contribution in [1.82, 2.24) is 0 Å². The summed E-state index contributed by atoms with van der Waals surface area (Å²) >= 11 is 0. The highest BCUT2D eigenvalue weighted by atomic mass is 16.5. The van der Waals surface area contributed by atoms with Crippen LogP contribution in [0.4, 0.5) is 0 Å². The first-order valence-electron chi connectivity index (χ1n) is 5.27. The molecule has 1 aromatic carbocycles. The van der Waals surface area contributed by atoms with Crippen molar-refractivity contribution < 1.29 is 9.47 Å². The van der Waals surface area contributed by atoms with Gasteiger partial charge in [0, 0.05) is 5.56 Å². The highest BCUT2D eigenvalue weighted by Gasteiger charge is 2.22. The molecule has 1 aromatic rings. The Balaban J connectivity index is 3.23. The standard InChI is InChI=1S/C13H20O2/c1-6-13(2,3)11-9-10(14-4)7-8-12(11)15-5/h7-9H,6H2,1-5H3. The molecule has 0 spiro atoms. The summed E-state index contributed by atoms with van der Waals surface area (Å²) in [6.07, 6.45) is 1.07. The summed E-state index contributed by atoms with van der Waals surface area (Å²) in [5.41, 5.74) is 1.31. The molecule has 0 amide bonds. The molecule has 0 aliphatic carbocycles. The molecule has 2 nitrogen and oxygen atoms in total. The van der Waals surface area contributed by atoms with Gasteiger partial charge in [0.1, 0.15) is 11.5 Å². The van der Waals surface area contributed by atoms with Gasteiger partial charge in [-0.3, -0.25) is 0 Å². The van der Waals surface area contributed by atoms with Crippen molar-refractivity contribution in [3.05, 3.63) is 23.8 Å². The normalized spacial score (nSPS) is 11.3. The van der Waals surface area contributed by atoms with E-state index in [-0.39, 0.29) is 5.41 Å². The van der Waals surface area contributed by atoms with Crippen LogP contribution in [0.2, 0.25) is 0 Å². The lowest BCUT2D eigenvalue weighted by molar-refractivity contribution is 0.380. The van der Waals surface area contributed by atoms with Crippen molar-refractivity contribution in [2.24, 2.45) is 0 Å². The molecule has 15 heavy (non-hydrogen) atoms. The van der Waals surface area contributed by atoms with E-state index in [1.54, 1.807) is 14.2 Å². The number of hydrogen-bond acceptors (Lipinski definition) is 2. The summed E-state index contributed by atoms with van der Waals surface area (Å²) in [5.74, 6) is 1.81. The van der Waals surface area contributed by atoms with E-state index >= 15 is 0 Å². The molecular weight excluding hydrogens is 188 g/mol. The molecule has 0 fully saturated rings. The van der Waals surface area contributed by atoms with Crippen LogP contribution in [0.15, 0.2) is 18.2 Å². The minimum atomic E-state index is 0.111. The Bertz CT molecular complexity index is 329. The lowest BCUT2D eigenvalue weighted by atomic mass is 9.81. The van der Waals surface area contributed by atoms with Gasteiger partial charge in [0.15, 0.2) is 0 Å². The number of rotatable bonds is 4. The first-order valence-corrected chi connectivity index (χ1v) is 5.27. The summed E-state index contributed by atoms with van der Waals surface area (Å²) in [5, 5.41) is 0. The average molecular weight is 208 g/mol. The second-order valence-electron chi connectivity index (χ2n) is 4.30. The third kappa shape index (κ3) is 2.44. The van der Waals surface area contributed by atoms with Crippen LogP contribution >= 0.6 is 0 Å². The van der Waals surface area contributed by atoms with Crippen LogP contribution in [0.3, 0.4) is 0 Å². The van der Waals surface area contributed by atoms with Crippen LogP contribution in [0, 0.1) is 0 Å². The summed E-state index contributed by atoms with van der Waals surface area (Å²) in [4.78, 5) is 0. The van der Waals surface area contributed by atoms with Crippen molar-refractivity contribution in [2.45, 2.75) is 32.6 Å². The summed E-state index contributed by atoms with van der Waals surface area (Å²) in [6.45, 7) is 6.60. The molecule has 0 aliphatic heterocycles. The molecule has 0 radical (unpaired) electrons. The van der Waals surface area contributed by atoms with Crippen LogP contribution < -0.4 is 9.47 Å². The smallest absolute Gasteiger partial charge is 0.122 e. The van der Waals surface area contributed by atoms with Gasteiger partial charge in [-0.25, -0.2) is 0 Å². The molecule has 0 saturated heterocycles. The Kier molecular flexibility index (Phi) is 3.61. The molecule has 0 unspecified atom stereocenters. The summed E-state index contributed by atoms with van der Waals surface area (Å²) < 4.78 is 10.6. The zero-order valence-electron chi connectivity index (χ0n) is 10.3. The minimum Gasteiger partial charge on any atom is -0.497 e. The van der Waals surface area contributed by atoms with E-state index in [0.29, 0.717) is 0 Å². The molecule has 0 atom stereocenters.